The Morgan fingerprint density at radius 1 is 1.21 bits per heavy atom. The van der Waals surface area contributed by atoms with Crippen molar-refractivity contribution in [3.63, 3.8) is 0 Å². The average molecular weight is 478 g/mol. The van der Waals surface area contributed by atoms with E-state index in [2.05, 4.69) is 27.5 Å². The Labute approximate surface area is 200 Å². The van der Waals surface area contributed by atoms with Crippen LogP contribution in [0, 0.1) is 5.82 Å². The van der Waals surface area contributed by atoms with Crippen LogP contribution in [0.1, 0.15) is 31.4 Å². The first kappa shape index (κ1) is 22.3. The lowest BCUT2D eigenvalue weighted by Crippen LogP contribution is -2.35. The van der Waals surface area contributed by atoms with Gasteiger partial charge in [0.05, 0.1) is 17.9 Å². The minimum Gasteiger partial charge on any atom is -0.354 e. The molecule has 9 heteroatoms. The van der Waals surface area contributed by atoms with Gasteiger partial charge in [-0.1, -0.05) is 42.1 Å². The number of rotatable bonds is 7. The summed E-state index contributed by atoms with van der Waals surface area (Å²) in [4.78, 5) is 30.6. The van der Waals surface area contributed by atoms with Gasteiger partial charge in [0.1, 0.15) is 11.2 Å². The quantitative estimate of drug-likeness (QED) is 0.409. The van der Waals surface area contributed by atoms with E-state index in [0.717, 1.165) is 12.8 Å². The lowest BCUT2D eigenvalue weighted by Gasteiger charge is -2.17. The molecule has 34 heavy (non-hydrogen) atoms. The zero-order chi connectivity index (χ0) is 23.7. The number of aromatic nitrogens is 4. The van der Waals surface area contributed by atoms with Crippen LogP contribution in [-0.2, 0) is 11.2 Å². The molecule has 0 radical (unpaired) electrons. The van der Waals surface area contributed by atoms with Gasteiger partial charge in [-0.15, -0.1) is 0 Å². The maximum atomic E-state index is 13.3. The summed E-state index contributed by atoms with van der Waals surface area (Å²) in [5.41, 5.74) is 2.08. The minimum atomic E-state index is -0.347. The fourth-order valence-electron chi connectivity index (χ4n) is 4.20. The van der Waals surface area contributed by atoms with Gasteiger partial charge >= 0.3 is 0 Å². The van der Waals surface area contributed by atoms with Crippen molar-refractivity contribution in [1.29, 1.82) is 0 Å². The van der Waals surface area contributed by atoms with Crippen molar-refractivity contribution in [2.24, 2.45) is 0 Å². The molecule has 2 aromatic heterocycles. The molecule has 1 N–H and O–H groups in total. The predicted octanol–water partition coefficient (Wildman–Crippen LogP) is 3.90. The van der Waals surface area contributed by atoms with Gasteiger partial charge in [-0.25, -0.2) is 14.1 Å². The van der Waals surface area contributed by atoms with Gasteiger partial charge in [0, 0.05) is 18.2 Å². The molecule has 0 bridgehead atoms. The Kier molecular flexibility index (Phi) is 6.19. The summed E-state index contributed by atoms with van der Waals surface area (Å²) in [6, 6.07) is 15.8. The lowest BCUT2D eigenvalue weighted by atomic mass is 10.1. The summed E-state index contributed by atoms with van der Waals surface area (Å²) in [5.74, 6) is 0.179. The molecular formula is C25H24FN5O2S. The van der Waals surface area contributed by atoms with E-state index >= 15 is 0 Å². The second-order valence-corrected chi connectivity index (χ2v) is 9.49. The minimum absolute atomic E-state index is 0.0347. The number of benzene rings is 2. The Morgan fingerprint density at radius 2 is 1.97 bits per heavy atom. The van der Waals surface area contributed by atoms with Crippen molar-refractivity contribution in [3.05, 3.63) is 82.5 Å². The molecular weight excluding hydrogens is 453 g/mol. The van der Waals surface area contributed by atoms with Crippen molar-refractivity contribution >= 4 is 28.7 Å². The van der Waals surface area contributed by atoms with Gasteiger partial charge in [-0.2, -0.15) is 5.10 Å². The van der Waals surface area contributed by atoms with Gasteiger partial charge in [0.15, 0.2) is 10.8 Å². The molecule has 0 saturated carbocycles. The van der Waals surface area contributed by atoms with Crippen molar-refractivity contribution in [3.8, 4) is 5.69 Å². The number of amides is 1. The first-order valence-corrected chi connectivity index (χ1v) is 12.2. The van der Waals surface area contributed by atoms with Crippen molar-refractivity contribution < 1.29 is 9.18 Å². The zero-order valence-corrected chi connectivity index (χ0v) is 19.5. The van der Waals surface area contributed by atoms with Crippen LogP contribution in [0.15, 0.2) is 70.7 Å². The summed E-state index contributed by atoms with van der Waals surface area (Å²) < 4.78 is 16.4. The second kappa shape index (κ2) is 9.42. The van der Waals surface area contributed by atoms with Gasteiger partial charge < -0.3 is 5.32 Å². The third-order valence-corrected chi connectivity index (χ3v) is 7.08. The van der Waals surface area contributed by atoms with E-state index in [1.165, 1.54) is 40.3 Å². The Bertz CT molecular complexity index is 1380. The highest BCUT2D eigenvalue weighted by molar-refractivity contribution is 7.99. The summed E-state index contributed by atoms with van der Waals surface area (Å²) in [5, 5.41) is 8.30. The Morgan fingerprint density at radius 3 is 2.74 bits per heavy atom. The first-order chi connectivity index (χ1) is 16.5. The number of carbonyl (C=O) groups is 1. The number of carbonyl (C=O) groups excluding carboxylic acids is 1. The summed E-state index contributed by atoms with van der Waals surface area (Å²) in [6.07, 6.45) is 3.43. The molecule has 0 aliphatic carbocycles. The Balaban J connectivity index is 1.30. The topological polar surface area (TPSA) is 81.8 Å². The highest BCUT2D eigenvalue weighted by atomic mass is 32.2. The monoisotopic (exact) mass is 477 g/mol. The zero-order valence-electron chi connectivity index (χ0n) is 18.6. The number of halogens is 1. The molecule has 1 aliphatic heterocycles. The summed E-state index contributed by atoms with van der Waals surface area (Å²) in [6.45, 7) is 2.00. The molecule has 2 unspecified atom stereocenters. The number of hydrogen-bond acceptors (Lipinski definition) is 5. The molecule has 5 rings (SSSR count). The highest BCUT2D eigenvalue weighted by Gasteiger charge is 2.29. The van der Waals surface area contributed by atoms with Crippen LogP contribution in [0.25, 0.3) is 16.7 Å². The van der Waals surface area contributed by atoms with Crippen LogP contribution >= 0.6 is 11.8 Å². The largest absolute Gasteiger partial charge is 0.354 e. The maximum absolute atomic E-state index is 13.3. The molecule has 1 amide bonds. The third kappa shape index (κ3) is 4.48. The number of thioether (sulfide) groups is 1. The maximum Gasteiger partial charge on any atom is 0.265 e. The number of fused-ring (bicyclic) bond motifs is 2. The van der Waals surface area contributed by atoms with Gasteiger partial charge in [-0.3, -0.25) is 14.2 Å². The van der Waals surface area contributed by atoms with Crippen molar-refractivity contribution in [2.45, 2.75) is 43.4 Å². The number of aryl methyl sites for hydroxylation is 1. The van der Waals surface area contributed by atoms with Crippen LogP contribution in [0.4, 0.5) is 4.39 Å². The van der Waals surface area contributed by atoms with Crippen LogP contribution in [0.5, 0.6) is 0 Å². The van der Waals surface area contributed by atoms with Crippen molar-refractivity contribution in [2.75, 3.05) is 5.75 Å². The molecule has 2 atom stereocenters. The SMILES string of the molecule is CC(CCc1ccccc1)NC(=O)CC1CSc2nc3c(cnn3-c3ccc(F)cc3)c(=O)n21. The normalized spacial score (nSPS) is 15.9. The summed E-state index contributed by atoms with van der Waals surface area (Å²) in [7, 11) is 0. The van der Waals surface area contributed by atoms with Crippen LogP contribution in [-0.4, -0.2) is 37.0 Å². The molecule has 0 fully saturated rings. The number of nitrogens with one attached hydrogen (secondary N) is 1. The summed E-state index contributed by atoms with van der Waals surface area (Å²) >= 11 is 1.45. The van der Waals surface area contributed by atoms with Crippen molar-refractivity contribution in [1.82, 2.24) is 24.6 Å². The lowest BCUT2D eigenvalue weighted by molar-refractivity contribution is -0.122. The molecule has 7 nitrogen and oxygen atoms in total. The average Bonchev–Trinajstić information content (AvgIpc) is 3.44. The molecule has 0 saturated heterocycles. The molecule has 0 spiro atoms. The van der Waals surface area contributed by atoms with E-state index in [4.69, 9.17) is 0 Å². The fraction of sp³-hybridized carbons (Fsp3) is 0.280. The Hall–Kier alpha value is -3.46. The smallest absolute Gasteiger partial charge is 0.265 e. The van der Waals surface area contributed by atoms with Crippen LogP contribution in [0.2, 0.25) is 0 Å². The van der Waals surface area contributed by atoms with E-state index < -0.39 is 0 Å². The molecule has 1 aliphatic rings. The van der Waals surface area contributed by atoms with E-state index in [-0.39, 0.29) is 35.8 Å². The highest BCUT2D eigenvalue weighted by Crippen LogP contribution is 2.33. The van der Waals surface area contributed by atoms with Gasteiger partial charge in [0.2, 0.25) is 5.91 Å². The number of hydrogen-bond donors (Lipinski definition) is 1. The molecule has 2 aromatic carbocycles. The third-order valence-electron chi connectivity index (χ3n) is 5.98. The van der Waals surface area contributed by atoms with Crippen LogP contribution in [0.3, 0.4) is 0 Å². The second-order valence-electron chi connectivity index (χ2n) is 8.50. The van der Waals surface area contributed by atoms with E-state index in [1.807, 2.05) is 25.1 Å². The van der Waals surface area contributed by atoms with Crippen LogP contribution < -0.4 is 10.9 Å². The van der Waals surface area contributed by atoms with E-state index in [9.17, 15) is 14.0 Å². The van der Waals surface area contributed by atoms with E-state index in [0.29, 0.717) is 27.6 Å². The first-order valence-electron chi connectivity index (χ1n) is 11.2. The molecule has 174 valence electrons. The van der Waals surface area contributed by atoms with Gasteiger partial charge in [0.25, 0.3) is 5.56 Å². The fourth-order valence-corrected chi connectivity index (χ4v) is 5.33. The predicted molar refractivity (Wildman–Crippen MR) is 130 cm³/mol. The molecule has 4 aromatic rings. The van der Waals surface area contributed by atoms with E-state index in [1.54, 1.807) is 16.7 Å². The standard InChI is InChI=1S/C25H24FN5O2S/c1-16(7-8-17-5-3-2-4-6-17)28-22(32)13-20-15-34-25-29-23-21(24(33)30(20)25)14-27-31(23)19-11-9-18(26)10-12-19/h2-6,9-12,14,16,20H,7-8,13,15H2,1H3,(H,28,32). The molecule has 3 heterocycles. The number of nitrogens with zero attached hydrogens (tertiary/aromatic N) is 4. The van der Waals surface area contributed by atoms with Gasteiger partial charge in [-0.05, 0) is 49.6 Å².